The molecule has 1 aromatic heterocycles. The second-order valence-electron chi connectivity index (χ2n) is 7.05. The Morgan fingerprint density at radius 3 is 2.38 bits per heavy atom. The molecule has 0 bridgehead atoms. The van der Waals surface area contributed by atoms with Gasteiger partial charge in [-0.1, -0.05) is 32.0 Å². The molecule has 0 saturated carbocycles. The molecule has 2 heterocycles. The number of likely N-dealkylation sites (tertiary alicyclic amines) is 1. The molecule has 5 nitrogen and oxygen atoms in total. The first-order valence-corrected chi connectivity index (χ1v) is 8.94. The number of furan rings is 1. The fourth-order valence-electron chi connectivity index (χ4n) is 3.45. The average Bonchev–Trinajstić information content (AvgIpc) is 3.13. The molecule has 2 aromatic rings. The summed E-state index contributed by atoms with van der Waals surface area (Å²) < 4.78 is 5.33. The molecule has 1 N–H and O–H groups in total. The molecule has 1 fully saturated rings. The van der Waals surface area contributed by atoms with Gasteiger partial charge in [-0.05, 0) is 42.5 Å². The molecule has 2 atom stereocenters. The van der Waals surface area contributed by atoms with Crippen LogP contribution in [0.2, 0.25) is 0 Å². The van der Waals surface area contributed by atoms with E-state index in [9.17, 15) is 9.59 Å². The van der Waals surface area contributed by atoms with Crippen molar-refractivity contribution in [3.05, 3.63) is 65.7 Å². The molecule has 3 rings (SSSR count). The summed E-state index contributed by atoms with van der Waals surface area (Å²) in [4.78, 5) is 27.4. The molecular weight excluding hydrogens is 328 g/mol. The Kier molecular flexibility index (Phi) is 5.56. The Hall–Kier alpha value is -2.82. The van der Waals surface area contributed by atoms with Crippen LogP contribution < -0.4 is 5.32 Å². The number of hydrogen-bond acceptors (Lipinski definition) is 3. The van der Waals surface area contributed by atoms with Crippen molar-refractivity contribution < 1.29 is 14.0 Å². The van der Waals surface area contributed by atoms with Crippen LogP contribution in [0.5, 0.6) is 0 Å². The lowest BCUT2D eigenvalue weighted by Crippen LogP contribution is -2.45. The van der Waals surface area contributed by atoms with E-state index in [-0.39, 0.29) is 17.5 Å². The van der Waals surface area contributed by atoms with Crippen LogP contribution in [0.3, 0.4) is 0 Å². The molecule has 1 aliphatic heterocycles. The van der Waals surface area contributed by atoms with Gasteiger partial charge in [0.1, 0.15) is 11.5 Å². The van der Waals surface area contributed by atoms with Crippen LogP contribution in [0, 0.1) is 11.8 Å². The van der Waals surface area contributed by atoms with Crippen molar-refractivity contribution in [2.24, 2.45) is 11.8 Å². The second kappa shape index (κ2) is 8.04. The number of hydrogen-bond donors (Lipinski definition) is 1. The summed E-state index contributed by atoms with van der Waals surface area (Å²) in [6.45, 7) is 5.68. The lowest BCUT2D eigenvalue weighted by Gasteiger charge is -2.35. The van der Waals surface area contributed by atoms with E-state index in [1.165, 1.54) is 6.26 Å². The fraction of sp³-hybridized carbons (Fsp3) is 0.333. The standard InChI is InChI=1S/C21H24N2O3/c1-15-11-16(2)14-23(13-15)21(25)19(12-18-9-6-10-26-18)22-20(24)17-7-4-3-5-8-17/h3-10,12,15-16H,11,13-14H2,1-2H3,(H,22,24)/b19-12-/t15-,16-/m0/s1. The summed E-state index contributed by atoms with van der Waals surface area (Å²) in [6, 6.07) is 12.4. The lowest BCUT2D eigenvalue weighted by atomic mass is 9.91. The van der Waals surface area contributed by atoms with Gasteiger partial charge < -0.3 is 14.6 Å². The molecule has 136 valence electrons. The number of carbonyl (C=O) groups is 2. The van der Waals surface area contributed by atoms with E-state index in [1.807, 2.05) is 11.0 Å². The van der Waals surface area contributed by atoms with Crippen molar-refractivity contribution in [2.75, 3.05) is 13.1 Å². The Balaban J connectivity index is 1.84. The number of rotatable bonds is 4. The highest BCUT2D eigenvalue weighted by molar-refractivity contribution is 6.05. The van der Waals surface area contributed by atoms with Crippen molar-refractivity contribution in [3.63, 3.8) is 0 Å². The minimum absolute atomic E-state index is 0.177. The zero-order valence-corrected chi connectivity index (χ0v) is 15.1. The van der Waals surface area contributed by atoms with Crippen molar-refractivity contribution in [2.45, 2.75) is 20.3 Å². The second-order valence-corrected chi connectivity index (χ2v) is 7.05. The lowest BCUT2D eigenvalue weighted by molar-refractivity contribution is -0.130. The Morgan fingerprint density at radius 1 is 1.08 bits per heavy atom. The van der Waals surface area contributed by atoms with Gasteiger partial charge in [-0.3, -0.25) is 9.59 Å². The first kappa shape index (κ1) is 18.0. The molecule has 1 saturated heterocycles. The third kappa shape index (κ3) is 4.42. The highest BCUT2D eigenvalue weighted by Crippen LogP contribution is 2.22. The van der Waals surface area contributed by atoms with Gasteiger partial charge in [0.25, 0.3) is 11.8 Å². The minimum atomic E-state index is -0.310. The normalized spacial score (nSPS) is 20.7. The number of amides is 2. The molecular formula is C21H24N2O3. The summed E-state index contributed by atoms with van der Waals surface area (Å²) in [6.07, 6.45) is 4.24. The zero-order valence-electron chi connectivity index (χ0n) is 15.1. The van der Waals surface area contributed by atoms with Gasteiger partial charge in [0.05, 0.1) is 6.26 Å². The van der Waals surface area contributed by atoms with Gasteiger partial charge in [0.15, 0.2) is 0 Å². The van der Waals surface area contributed by atoms with Crippen molar-refractivity contribution in [1.29, 1.82) is 0 Å². The molecule has 0 unspecified atom stereocenters. The molecule has 0 aliphatic carbocycles. The number of nitrogens with zero attached hydrogens (tertiary/aromatic N) is 1. The summed E-state index contributed by atoms with van der Waals surface area (Å²) in [5.74, 6) is 0.925. The van der Waals surface area contributed by atoms with Gasteiger partial charge in [0, 0.05) is 24.7 Å². The number of carbonyl (C=O) groups excluding carboxylic acids is 2. The predicted molar refractivity (Wildman–Crippen MR) is 100 cm³/mol. The van der Waals surface area contributed by atoms with Crippen molar-refractivity contribution >= 4 is 17.9 Å². The summed E-state index contributed by atoms with van der Waals surface area (Å²) in [5.41, 5.74) is 0.737. The van der Waals surface area contributed by atoms with Gasteiger partial charge in [-0.25, -0.2) is 0 Å². The zero-order chi connectivity index (χ0) is 18.5. The van der Waals surface area contributed by atoms with E-state index in [2.05, 4.69) is 19.2 Å². The molecule has 1 aliphatic rings. The van der Waals surface area contributed by atoms with Crippen LogP contribution in [-0.4, -0.2) is 29.8 Å². The van der Waals surface area contributed by atoms with E-state index in [4.69, 9.17) is 4.42 Å². The van der Waals surface area contributed by atoms with Crippen LogP contribution in [-0.2, 0) is 4.79 Å². The number of nitrogens with one attached hydrogen (secondary N) is 1. The largest absolute Gasteiger partial charge is 0.465 e. The van der Waals surface area contributed by atoms with Crippen LogP contribution in [0.1, 0.15) is 36.4 Å². The van der Waals surface area contributed by atoms with E-state index >= 15 is 0 Å². The third-order valence-electron chi connectivity index (χ3n) is 4.50. The van der Waals surface area contributed by atoms with E-state index in [1.54, 1.807) is 42.5 Å². The summed E-state index contributed by atoms with van der Waals surface area (Å²) in [7, 11) is 0. The maximum absolute atomic E-state index is 13.1. The van der Waals surface area contributed by atoms with Crippen molar-refractivity contribution in [1.82, 2.24) is 10.2 Å². The van der Waals surface area contributed by atoms with Crippen LogP contribution >= 0.6 is 0 Å². The maximum atomic E-state index is 13.1. The highest BCUT2D eigenvalue weighted by Gasteiger charge is 2.28. The quantitative estimate of drug-likeness (QED) is 0.856. The monoisotopic (exact) mass is 352 g/mol. The van der Waals surface area contributed by atoms with Gasteiger partial charge >= 0.3 is 0 Å². The molecule has 1 aromatic carbocycles. The number of benzene rings is 1. The van der Waals surface area contributed by atoms with Crippen molar-refractivity contribution in [3.8, 4) is 0 Å². The van der Waals surface area contributed by atoms with E-state index < -0.39 is 0 Å². The topological polar surface area (TPSA) is 62.6 Å². The smallest absolute Gasteiger partial charge is 0.270 e. The Labute approximate surface area is 153 Å². The van der Waals surface area contributed by atoms with Crippen LogP contribution in [0.15, 0.2) is 58.8 Å². The molecule has 0 radical (unpaired) electrons. The maximum Gasteiger partial charge on any atom is 0.270 e. The highest BCUT2D eigenvalue weighted by atomic mass is 16.3. The molecule has 2 amide bonds. The average molecular weight is 352 g/mol. The Morgan fingerprint density at radius 2 is 1.77 bits per heavy atom. The number of piperidine rings is 1. The molecule has 0 spiro atoms. The predicted octanol–water partition coefficient (Wildman–Crippen LogP) is 3.56. The molecule has 5 heteroatoms. The first-order valence-electron chi connectivity index (χ1n) is 8.94. The Bertz CT molecular complexity index is 771. The first-order chi connectivity index (χ1) is 12.5. The van der Waals surface area contributed by atoms with Gasteiger partial charge in [-0.15, -0.1) is 0 Å². The minimum Gasteiger partial charge on any atom is -0.465 e. The summed E-state index contributed by atoms with van der Waals surface area (Å²) in [5, 5.41) is 2.77. The van der Waals surface area contributed by atoms with Crippen LogP contribution in [0.25, 0.3) is 6.08 Å². The summed E-state index contributed by atoms with van der Waals surface area (Å²) >= 11 is 0. The molecule has 26 heavy (non-hydrogen) atoms. The van der Waals surface area contributed by atoms with E-state index in [0.29, 0.717) is 36.2 Å². The third-order valence-corrected chi connectivity index (χ3v) is 4.50. The van der Waals surface area contributed by atoms with Gasteiger partial charge in [0.2, 0.25) is 0 Å². The van der Waals surface area contributed by atoms with E-state index in [0.717, 1.165) is 6.42 Å². The van der Waals surface area contributed by atoms with Crippen LogP contribution in [0.4, 0.5) is 0 Å². The van der Waals surface area contributed by atoms with Gasteiger partial charge in [-0.2, -0.15) is 0 Å². The SMILES string of the molecule is C[C@H]1C[C@H](C)CN(C(=O)/C(=C/c2ccco2)NC(=O)c2ccccc2)C1. The fourth-order valence-corrected chi connectivity index (χ4v) is 3.45.